The Morgan fingerprint density at radius 2 is 1.39 bits per heavy atom. The van der Waals surface area contributed by atoms with Gasteiger partial charge in [0.2, 0.25) is 0 Å². The van der Waals surface area contributed by atoms with Crippen LogP contribution in [0.5, 0.6) is 11.5 Å². The highest BCUT2D eigenvalue weighted by Gasteiger charge is 2.21. The number of carbonyl (C=O) groups excluding carboxylic acids is 1. The Hall–Kier alpha value is -5.00. The number of hydrogen-bond donors (Lipinski definition) is 8. The van der Waals surface area contributed by atoms with Crippen molar-refractivity contribution in [1.82, 2.24) is 20.2 Å². The van der Waals surface area contributed by atoms with Crippen molar-refractivity contribution in [3.8, 4) is 11.5 Å². The van der Waals surface area contributed by atoms with Gasteiger partial charge in [0.25, 0.3) is 5.91 Å². The van der Waals surface area contributed by atoms with Crippen molar-refractivity contribution >= 4 is 44.9 Å². The second-order valence-corrected chi connectivity index (χ2v) is 16.6. The molecule has 3 aromatic carbocycles. The first-order valence-electron chi connectivity index (χ1n) is 18.7. The van der Waals surface area contributed by atoms with E-state index >= 15 is 0 Å². The number of nitrogens with one attached hydrogen (secondary N) is 1. The molecule has 1 aromatic heterocycles. The van der Waals surface area contributed by atoms with Gasteiger partial charge in [0.1, 0.15) is 11.5 Å². The van der Waals surface area contributed by atoms with Gasteiger partial charge in [-0.1, -0.05) is 54.9 Å². The summed E-state index contributed by atoms with van der Waals surface area (Å²) in [6.45, 7) is 3.31. The number of sulfone groups is 1. The number of phenolic OH excluding ortho intramolecular Hbond substituents is 2. The van der Waals surface area contributed by atoms with Crippen LogP contribution in [0.3, 0.4) is 0 Å². The van der Waals surface area contributed by atoms with Crippen LogP contribution in [0.2, 0.25) is 5.15 Å². The van der Waals surface area contributed by atoms with Crippen LogP contribution in [0.4, 0.5) is 11.6 Å². The number of nitrogens with two attached hydrogens (primary N) is 3. The third-order valence-electron chi connectivity index (χ3n) is 9.37. The summed E-state index contributed by atoms with van der Waals surface area (Å²) in [5.41, 5.74) is 21.3. The fraction of sp³-hybridized carbons (Fsp3) is 0.400. The number of phenols is 2. The molecule has 15 nitrogen and oxygen atoms in total. The number of guanidine groups is 1. The molecule has 0 aliphatic heterocycles. The number of aliphatic hydroxyl groups excluding tert-OH is 2. The van der Waals surface area contributed by atoms with Crippen LogP contribution < -0.4 is 22.5 Å². The molecule has 57 heavy (non-hydrogen) atoms. The van der Waals surface area contributed by atoms with Gasteiger partial charge < -0.3 is 37.6 Å². The lowest BCUT2D eigenvalue weighted by atomic mass is 10.0. The normalized spacial score (nSPS) is 13.1. The van der Waals surface area contributed by atoms with Crippen molar-refractivity contribution in [2.45, 2.75) is 69.8 Å². The van der Waals surface area contributed by atoms with E-state index in [0.29, 0.717) is 30.6 Å². The molecule has 0 fully saturated rings. The van der Waals surface area contributed by atoms with Crippen LogP contribution in [-0.2, 0) is 34.9 Å². The number of halogens is 1. The number of aliphatic hydroxyl groups is 2. The summed E-state index contributed by atoms with van der Waals surface area (Å²) in [5.74, 6) is -1.36. The van der Waals surface area contributed by atoms with E-state index in [1.807, 2.05) is 11.8 Å². The topological polar surface area (TPSA) is 264 Å². The molecule has 0 saturated carbocycles. The number of aromatic nitrogens is 2. The number of nitrogens with zero attached hydrogens (tertiary/aromatic N) is 4. The lowest BCUT2D eigenvalue weighted by molar-refractivity contribution is 0.0678. The van der Waals surface area contributed by atoms with Crippen molar-refractivity contribution in [2.75, 3.05) is 43.9 Å². The second kappa shape index (κ2) is 21.0. The number of nitrogen functional groups attached to an aromatic ring is 2. The molecule has 1 amide bonds. The van der Waals surface area contributed by atoms with E-state index in [0.717, 1.165) is 50.3 Å². The highest BCUT2D eigenvalue weighted by atomic mass is 35.5. The maximum Gasteiger partial charge on any atom is 0.280 e. The van der Waals surface area contributed by atoms with Crippen molar-refractivity contribution < 1.29 is 33.6 Å². The monoisotopic (exact) mass is 824 g/mol. The molecular formula is C40H53ClN8O7S. The number of unbranched alkanes of at least 4 members (excludes halogenated alkanes) is 2. The summed E-state index contributed by atoms with van der Waals surface area (Å²) in [7, 11) is -3.42. The molecule has 0 bridgehead atoms. The number of rotatable bonds is 20. The predicted molar refractivity (Wildman–Crippen MR) is 223 cm³/mol. The van der Waals surface area contributed by atoms with Gasteiger partial charge in [-0.2, -0.15) is 0 Å². The van der Waals surface area contributed by atoms with E-state index in [4.69, 9.17) is 28.8 Å². The lowest BCUT2D eigenvalue weighted by Crippen LogP contribution is -2.38. The van der Waals surface area contributed by atoms with Crippen molar-refractivity contribution in [2.24, 2.45) is 10.7 Å². The zero-order valence-electron chi connectivity index (χ0n) is 32.2. The molecule has 0 spiro atoms. The summed E-state index contributed by atoms with van der Waals surface area (Å²) in [5, 5.41) is 45.1. The smallest absolute Gasteiger partial charge is 0.280 e. The Balaban J connectivity index is 1.27. The Labute approximate surface area is 338 Å². The molecule has 1 heterocycles. The predicted octanol–water partition coefficient (Wildman–Crippen LogP) is 3.97. The molecule has 0 radical (unpaired) electrons. The Morgan fingerprint density at radius 3 is 1.95 bits per heavy atom. The largest absolute Gasteiger partial charge is 0.508 e. The first kappa shape index (κ1) is 44.7. The third-order valence-corrected chi connectivity index (χ3v) is 10.5. The summed E-state index contributed by atoms with van der Waals surface area (Å²) in [4.78, 5) is 26.2. The maximum absolute atomic E-state index is 12.4. The Bertz CT molecular complexity index is 2120. The van der Waals surface area contributed by atoms with E-state index in [2.05, 4.69) is 44.5 Å². The fourth-order valence-corrected chi connectivity index (χ4v) is 7.19. The zero-order valence-corrected chi connectivity index (χ0v) is 33.8. The van der Waals surface area contributed by atoms with E-state index in [1.165, 1.54) is 23.3 Å². The number of aryl methyl sites for hydroxylation is 3. The van der Waals surface area contributed by atoms with Gasteiger partial charge in [-0.05, 0) is 104 Å². The molecule has 11 N–H and O–H groups in total. The summed E-state index contributed by atoms with van der Waals surface area (Å²) in [6.07, 6.45) is 4.73. The number of aromatic hydroxyl groups is 2. The SMILES string of the molecule is CCc1cc([C@@H](O)CN(CCCCc2ccc(CCCCN=C(N)NC(=O)c3nc(Cl)c(N)nc3N)cc2)C[C@H](O)c2ccc(O)c(CS(C)(=O)=O)c2)ccc1O. The Morgan fingerprint density at radius 1 is 0.842 bits per heavy atom. The van der Waals surface area contributed by atoms with Gasteiger partial charge in [0, 0.05) is 31.5 Å². The number of aliphatic imine (C=N–C) groups is 1. The molecule has 0 saturated heterocycles. The minimum Gasteiger partial charge on any atom is -0.508 e. The van der Waals surface area contributed by atoms with Crippen LogP contribution in [0.1, 0.15) is 88.7 Å². The first-order chi connectivity index (χ1) is 27.0. The third kappa shape index (κ3) is 14.2. The molecule has 0 aliphatic carbocycles. The van der Waals surface area contributed by atoms with Crippen LogP contribution in [0, 0.1) is 0 Å². The minimum atomic E-state index is -3.42. The minimum absolute atomic E-state index is 0.0743. The highest BCUT2D eigenvalue weighted by Crippen LogP contribution is 2.27. The van der Waals surface area contributed by atoms with Gasteiger partial charge in [-0.25, -0.2) is 18.4 Å². The van der Waals surface area contributed by atoms with Crippen molar-refractivity contribution in [3.05, 3.63) is 105 Å². The van der Waals surface area contributed by atoms with E-state index in [9.17, 15) is 33.6 Å². The quantitative estimate of drug-likeness (QED) is 0.0357. The van der Waals surface area contributed by atoms with E-state index in [1.54, 1.807) is 24.3 Å². The highest BCUT2D eigenvalue weighted by molar-refractivity contribution is 7.89. The van der Waals surface area contributed by atoms with Crippen LogP contribution in [-0.4, -0.2) is 88.0 Å². The summed E-state index contributed by atoms with van der Waals surface area (Å²) >= 11 is 5.84. The molecule has 0 unspecified atom stereocenters. The number of carbonyl (C=O) groups is 1. The average molecular weight is 825 g/mol. The second-order valence-electron chi connectivity index (χ2n) is 14.1. The fourth-order valence-electron chi connectivity index (χ4n) is 6.26. The number of benzene rings is 3. The molecule has 308 valence electrons. The van der Waals surface area contributed by atoms with Crippen LogP contribution in [0.25, 0.3) is 0 Å². The Kier molecular flexibility index (Phi) is 16.4. The number of hydrogen-bond acceptors (Lipinski definition) is 13. The molecule has 17 heteroatoms. The summed E-state index contributed by atoms with van der Waals surface area (Å²) < 4.78 is 23.8. The zero-order chi connectivity index (χ0) is 41.7. The molecule has 4 rings (SSSR count). The number of amides is 1. The lowest BCUT2D eigenvalue weighted by Gasteiger charge is -2.28. The van der Waals surface area contributed by atoms with Gasteiger partial charge in [-0.15, -0.1) is 0 Å². The first-order valence-corrected chi connectivity index (χ1v) is 21.1. The van der Waals surface area contributed by atoms with Gasteiger partial charge in [0.15, 0.2) is 38.3 Å². The average Bonchev–Trinajstić information content (AvgIpc) is 3.15. The van der Waals surface area contributed by atoms with Gasteiger partial charge in [-0.3, -0.25) is 20.0 Å². The molecular weight excluding hydrogens is 772 g/mol. The van der Waals surface area contributed by atoms with Gasteiger partial charge >= 0.3 is 0 Å². The molecule has 4 aromatic rings. The molecule has 2 atom stereocenters. The van der Waals surface area contributed by atoms with Crippen LogP contribution >= 0.6 is 11.6 Å². The molecule has 0 aliphatic rings. The van der Waals surface area contributed by atoms with Gasteiger partial charge in [0.05, 0.1) is 18.0 Å². The van der Waals surface area contributed by atoms with Crippen LogP contribution in [0.15, 0.2) is 65.7 Å². The van der Waals surface area contributed by atoms with E-state index < -0.39 is 28.0 Å². The van der Waals surface area contributed by atoms with Crippen molar-refractivity contribution in [3.63, 3.8) is 0 Å². The summed E-state index contributed by atoms with van der Waals surface area (Å²) in [6, 6.07) is 17.9. The van der Waals surface area contributed by atoms with E-state index in [-0.39, 0.29) is 64.3 Å². The van der Waals surface area contributed by atoms with Crippen molar-refractivity contribution in [1.29, 1.82) is 0 Å². The maximum atomic E-state index is 12.4. The number of anilines is 2. The standard InChI is InChI=1S/C40H53ClN8O7S/c1-3-27-20-28(14-16-31(27)50)33(52)22-49(23-34(53)29-15-17-32(51)30(21-29)24-57(2,55)56)19-7-5-9-26-12-10-25(11-13-26)8-4-6-18-45-40(44)48-39(54)35-37(42)47-38(43)36(41)46-35/h10-17,20-21,33-34,50-53H,3-9,18-19,22-24H2,1-2H3,(H4,42,43,47)(H3,44,45,48,54)/t33-,34-/m0/s1.